The van der Waals surface area contributed by atoms with Crippen molar-refractivity contribution in [1.82, 2.24) is 19.3 Å². The number of para-hydroxylation sites is 2. The van der Waals surface area contributed by atoms with Gasteiger partial charge in [0.2, 0.25) is 0 Å². The maximum Gasteiger partial charge on any atom is 0.289 e. The molecule has 0 spiro atoms. The Morgan fingerprint density at radius 1 is 0.703 bits per heavy atom. The lowest BCUT2D eigenvalue weighted by Crippen LogP contribution is -2.50. The molecule has 2 aromatic heterocycles. The molecule has 8 heteroatoms. The predicted octanol–water partition coefficient (Wildman–Crippen LogP) is 3.57. The molecule has 190 valence electrons. The summed E-state index contributed by atoms with van der Waals surface area (Å²) in [6, 6.07) is 21.8. The Hall–Kier alpha value is -4.04. The fraction of sp³-hybridized carbons (Fsp3) is 0.310. The van der Waals surface area contributed by atoms with Crippen molar-refractivity contribution in [3.05, 3.63) is 84.3 Å². The van der Waals surface area contributed by atoms with E-state index >= 15 is 0 Å². The molecule has 8 nitrogen and oxygen atoms in total. The molecule has 2 aliphatic heterocycles. The third-order valence-electron chi connectivity index (χ3n) is 7.47. The standard InChI is InChI=1S/C29H31N5O3/c1-30-13-15-33(16-14-30)29(36)26-23-10-5-6-11-24(23)34(22-8-3-2-4-9-22)27(26)31-17-19-32(20-18-31)28(35)25-12-7-21-37-25/h2-12,21H,13-20H2,1H3. The highest BCUT2D eigenvalue weighted by Gasteiger charge is 2.33. The van der Waals surface area contributed by atoms with E-state index in [-0.39, 0.29) is 11.8 Å². The molecule has 0 bridgehead atoms. The first kappa shape index (κ1) is 23.4. The van der Waals surface area contributed by atoms with Crippen LogP contribution in [0.15, 0.2) is 77.4 Å². The summed E-state index contributed by atoms with van der Waals surface area (Å²) in [6.45, 7) is 5.52. The Kier molecular flexibility index (Phi) is 6.18. The largest absolute Gasteiger partial charge is 0.459 e. The van der Waals surface area contributed by atoms with E-state index in [0.29, 0.717) is 45.0 Å². The summed E-state index contributed by atoms with van der Waals surface area (Å²) in [5.74, 6) is 1.24. The Morgan fingerprint density at radius 3 is 2.05 bits per heavy atom. The number of hydrogen-bond acceptors (Lipinski definition) is 5. The zero-order valence-corrected chi connectivity index (χ0v) is 21.0. The number of rotatable bonds is 4. The van der Waals surface area contributed by atoms with Crippen LogP contribution in [0, 0.1) is 0 Å². The second-order valence-corrected chi connectivity index (χ2v) is 9.74. The van der Waals surface area contributed by atoms with Gasteiger partial charge in [0.15, 0.2) is 5.76 Å². The first-order chi connectivity index (χ1) is 18.1. The summed E-state index contributed by atoms with van der Waals surface area (Å²) in [6.07, 6.45) is 1.53. The van der Waals surface area contributed by atoms with Gasteiger partial charge in [-0.2, -0.15) is 0 Å². The lowest BCUT2D eigenvalue weighted by Gasteiger charge is -2.37. The van der Waals surface area contributed by atoms with Gasteiger partial charge in [0.25, 0.3) is 11.8 Å². The summed E-state index contributed by atoms with van der Waals surface area (Å²) < 4.78 is 7.55. The summed E-state index contributed by atoms with van der Waals surface area (Å²) in [4.78, 5) is 35.4. The molecule has 2 amide bonds. The van der Waals surface area contributed by atoms with Gasteiger partial charge in [0.05, 0.1) is 17.3 Å². The molecule has 2 aromatic carbocycles. The quantitative estimate of drug-likeness (QED) is 0.431. The maximum atomic E-state index is 14.1. The van der Waals surface area contributed by atoms with E-state index in [9.17, 15) is 9.59 Å². The topological polar surface area (TPSA) is 65.2 Å². The fourth-order valence-corrected chi connectivity index (χ4v) is 5.42. The monoisotopic (exact) mass is 497 g/mol. The van der Waals surface area contributed by atoms with Gasteiger partial charge in [-0.25, -0.2) is 0 Å². The van der Waals surface area contributed by atoms with Crippen LogP contribution in [0.5, 0.6) is 0 Å². The van der Waals surface area contributed by atoms with Crippen molar-refractivity contribution in [1.29, 1.82) is 0 Å². The number of furan rings is 1. The molecule has 4 heterocycles. The van der Waals surface area contributed by atoms with Crippen LogP contribution in [0.1, 0.15) is 20.9 Å². The third kappa shape index (κ3) is 4.27. The molecule has 0 N–H and O–H groups in total. The van der Waals surface area contributed by atoms with Crippen LogP contribution in [0.2, 0.25) is 0 Å². The first-order valence-corrected chi connectivity index (χ1v) is 12.9. The molecule has 0 unspecified atom stereocenters. The van der Waals surface area contributed by atoms with E-state index in [0.717, 1.165) is 41.1 Å². The van der Waals surface area contributed by atoms with Crippen LogP contribution < -0.4 is 4.90 Å². The van der Waals surface area contributed by atoms with E-state index in [2.05, 4.69) is 45.7 Å². The Balaban J connectivity index is 1.42. The van der Waals surface area contributed by atoms with Crippen LogP contribution in [-0.2, 0) is 0 Å². The lowest BCUT2D eigenvalue weighted by atomic mass is 10.1. The molecule has 0 atom stereocenters. The van der Waals surface area contributed by atoms with Crippen molar-refractivity contribution in [3.63, 3.8) is 0 Å². The van der Waals surface area contributed by atoms with Crippen LogP contribution in [0.25, 0.3) is 16.6 Å². The number of nitrogens with zero attached hydrogens (tertiary/aromatic N) is 5. The highest BCUT2D eigenvalue weighted by Crippen LogP contribution is 2.37. The smallest absolute Gasteiger partial charge is 0.289 e. The van der Waals surface area contributed by atoms with Crippen molar-refractivity contribution in [2.45, 2.75) is 0 Å². The van der Waals surface area contributed by atoms with Crippen molar-refractivity contribution in [2.75, 3.05) is 64.3 Å². The van der Waals surface area contributed by atoms with E-state index in [4.69, 9.17) is 4.42 Å². The third-order valence-corrected chi connectivity index (χ3v) is 7.47. The first-order valence-electron chi connectivity index (χ1n) is 12.9. The number of likely N-dealkylation sites (N-methyl/N-ethyl adjacent to an activating group) is 1. The SMILES string of the molecule is CN1CCN(C(=O)c2c(N3CCN(C(=O)c4ccco4)CC3)n(-c3ccccc3)c3ccccc23)CC1. The Morgan fingerprint density at radius 2 is 1.35 bits per heavy atom. The normalized spacial score (nSPS) is 16.9. The number of aromatic nitrogens is 1. The number of carbonyl (C=O) groups is 2. The minimum atomic E-state index is -0.0954. The maximum absolute atomic E-state index is 14.1. The molecular weight excluding hydrogens is 466 g/mol. The minimum Gasteiger partial charge on any atom is -0.459 e. The van der Waals surface area contributed by atoms with Crippen LogP contribution in [0.4, 0.5) is 5.82 Å². The van der Waals surface area contributed by atoms with Crippen molar-refractivity contribution >= 4 is 28.5 Å². The number of amides is 2. The van der Waals surface area contributed by atoms with Gasteiger partial charge in [0, 0.05) is 63.4 Å². The van der Waals surface area contributed by atoms with Crippen LogP contribution >= 0.6 is 0 Å². The molecule has 0 radical (unpaired) electrons. The van der Waals surface area contributed by atoms with Gasteiger partial charge >= 0.3 is 0 Å². The van der Waals surface area contributed by atoms with E-state index < -0.39 is 0 Å². The number of hydrogen-bond donors (Lipinski definition) is 0. The number of fused-ring (bicyclic) bond motifs is 1. The van der Waals surface area contributed by atoms with Gasteiger partial charge in [-0.1, -0.05) is 36.4 Å². The summed E-state index contributed by atoms with van der Waals surface area (Å²) in [7, 11) is 2.10. The fourth-order valence-electron chi connectivity index (χ4n) is 5.42. The zero-order valence-electron chi connectivity index (χ0n) is 21.0. The molecule has 4 aromatic rings. The van der Waals surface area contributed by atoms with E-state index in [1.54, 1.807) is 12.1 Å². The minimum absolute atomic E-state index is 0.0723. The Labute approximate surface area is 216 Å². The molecule has 37 heavy (non-hydrogen) atoms. The molecule has 2 aliphatic rings. The summed E-state index contributed by atoms with van der Waals surface area (Å²) in [5.41, 5.74) is 2.77. The van der Waals surface area contributed by atoms with E-state index in [1.807, 2.05) is 40.1 Å². The highest BCUT2D eigenvalue weighted by molar-refractivity contribution is 6.13. The molecule has 0 saturated carbocycles. The van der Waals surface area contributed by atoms with E-state index in [1.165, 1.54) is 6.26 Å². The number of benzene rings is 2. The number of piperazine rings is 2. The molecule has 2 saturated heterocycles. The zero-order chi connectivity index (χ0) is 25.4. The second kappa shape index (κ2) is 9.78. The molecule has 2 fully saturated rings. The average Bonchev–Trinajstić information content (AvgIpc) is 3.60. The number of anilines is 1. The molecule has 0 aliphatic carbocycles. The second-order valence-electron chi connectivity index (χ2n) is 9.74. The van der Waals surface area contributed by atoms with Gasteiger partial charge < -0.3 is 24.0 Å². The van der Waals surface area contributed by atoms with Gasteiger partial charge in [-0.05, 0) is 37.4 Å². The highest BCUT2D eigenvalue weighted by atomic mass is 16.3. The van der Waals surface area contributed by atoms with Gasteiger partial charge in [-0.15, -0.1) is 0 Å². The lowest BCUT2D eigenvalue weighted by molar-refractivity contribution is 0.0663. The molecule has 6 rings (SSSR count). The van der Waals surface area contributed by atoms with Crippen molar-refractivity contribution in [2.24, 2.45) is 0 Å². The van der Waals surface area contributed by atoms with Crippen LogP contribution in [0.3, 0.4) is 0 Å². The predicted molar refractivity (Wildman–Crippen MR) is 143 cm³/mol. The summed E-state index contributed by atoms with van der Waals surface area (Å²) in [5, 5.41) is 0.958. The molecular formula is C29H31N5O3. The summed E-state index contributed by atoms with van der Waals surface area (Å²) >= 11 is 0. The Bertz CT molecular complexity index is 1400. The number of carbonyl (C=O) groups excluding carboxylic acids is 2. The van der Waals surface area contributed by atoms with Crippen molar-refractivity contribution in [3.8, 4) is 5.69 Å². The van der Waals surface area contributed by atoms with Crippen LogP contribution in [-0.4, -0.2) is 90.5 Å². The van der Waals surface area contributed by atoms with Gasteiger partial charge in [-0.3, -0.25) is 14.2 Å². The average molecular weight is 498 g/mol. The van der Waals surface area contributed by atoms with Crippen molar-refractivity contribution < 1.29 is 14.0 Å². The van der Waals surface area contributed by atoms with Gasteiger partial charge in [0.1, 0.15) is 5.82 Å².